The van der Waals surface area contributed by atoms with E-state index in [2.05, 4.69) is 14.7 Å². The highest BCUT2D eigenvalue weighted by Gasteiger charge is 2.37. The first-order chi connectivity index (χ1) is 8.28. The van der Waals surface area contributed by atoms with Crippen molar-refractivity contribution >= 4 is 37.3 Å². The summed E-state index contributed by atoms with van der Waals surface area (Å²) < 4.78 is 48.5. The van der Waals surface area contributed by atoms with Crippen LogP contribution in [-0.4, -0.2) is 43.6 Å². The van der Waals surface area contributed by atoms with Gasteiger partial charge in [-0.05, 0) is 6.42 Å². The summed E-state index contributed by atoms with van der Waals surface area (Å²) >= 11 is 5.52. The zero-order valence-corrected chi connectivity index (χ0v) is 11.5. The van der Waals surface area contributed by atoms with Gasteiger partial charge in [0.15, 0.2) is 15.7 Å². The number of aromatic nitrogens is 2. The predicted octanol–water partition coefficient (Wildman–Crippen LogP) is 0.0588. The molecule has 1 aromatic heterocycles. The van der Waals surface area contributed by atoms with Gasteiger partial charge in [-0.2, -0.15) is 0 Å². The Morgan fingerprint density at radius 3 is 2.56 bits per heavy atom. The Hall–Kier alpha value is -0.930. The Bertz CT molecular complexity index is 641. The SMILES string of the molecule is O=S1(=O)CCC(S(=O)(=O)Nc2cnc(Cl)cn2)C1. The summed E-state index contributed by atoms with van der Waals surface area (Å²) in [7, 11) is -7.03. The molecule has 1 N–H and O–H groups in total. The average Bonchev–Trinajstić information content (AvgIpc) is 2.63. The highest BCUT2D eigenvalue weighted by atomic mass is 35.5. The quantitative estimate of drug-likeness (QED) is 0.846. The maximum absolute atomic E-state index is 11.9. The molecule has 0 aromatic carbocycles. The number of hydrogen-bond acceptors (Lipinski definition) is 6. The van der Waals surface area contributed by atoms with Crippen LogP contribution in [0.4, 0.5) is 5.82 Å². The fourth-order valence-electron chi connectivity index (χ4n) is 1.60. The fraction of sp³-hybridized carbons (Fsp3) is 0.500. The van der Waals surface area contributed by atoms with E-state index in [4.69, 9.17) is 11.6 Å². The third kappa shape index (κ3) is 3.09. The van der Waals surface area contributed by atoms with Crippen molar-refractivity contribution in [3.8, 4) is 0 Å². The minimum atomic E-state index is -3.77. The van der Waals surface area contributed by atoms with Gasteiger partial charge in [0.2, 0.25) is 10.0 Å². The van der Waals surface area contributed by atoms with Crippen molar-refractivity contribution in [3.63, 3.8) is 0 Å². The van der Waals surface area contributed by atoms with Crippen LogP contribution in [0.2, 0.25) is 5.15 Å². The van der Waals surface area contributed by atoms with Gasteiger partial charge in [0.05, 0.1) is 29.1 Å². The molecular formula is C8H10ClN3O4S2. The normalized spacial score (nSPS) is 22.8. The summed E-state index contributed by atoms with van der Waals surface area (Å²) in [5, 5.41) is -0.804. The molecule has 18 heavy (non-hydrogen) atoms. The Morgan fingerprint density at radius 1 is 1.33 bits per heavy atom. The van der Waals surface area contributed by atoms with Crippen molar-refractivity contribution in [3.05, 3.63) is 17.5 Å². The van der Waals surface area contributed by atoms with Crippen LogP contribution in [0.25, 0.3) is 0 Å². The van der Waals surface area contributed by atoms with Crippen LogP contribution in [0, 0.1) is 0 Å². The van der Waals surface area contributed by atoms with Crippen molar-refractivity contribution < 1.29 is 16.8 Å². The molecule has 1 aliphatic rings. The first kappa shape index (κ1) is 13.5. The number of sulfone groups is 1. The molecule has 0 spiro atoms. The minimum absolute atomic E-state index is 0.0173. The second-order valence-corrected chi connectivity index (χ2v) is 8.47. The van der Waals surface area contributed by atoms with Crippen LogP contribution >= 0.6 is 11.6 Å². The van der Waals surface area contributed by atoms with E-state index in [1.54, 1.807) is 0 Å². The minimum Gasteiger partial charge on any atom is -0.266 e. The molecule has 2 rings (SSSR count). The first-order valence-electron chi connectivity index (χ1n) is 4.98. The van der Waals surface area contributed by atoms with Gasteiger partial charge in [-0.15, -0.1) is 0 Å². The second-order valence-electron chi connectivity index (χ2n) is 3.90. The molecule has 2 heterocycles. The molecule has 1 aromatic rings. The number of anilines is 1. The van der Waals surface area contributed by atoms with E-state index in [-0.39, 0.29) is 28.9 Å². The van der Waals surface area contributed by atoms with E-state index in [9.17, 15) is 16.8 Å². The lowest BCUT2D eigenvalue weighted by molar-refractivity contribution is 0.587. The Labute approximate surface area is 110 Å². The van der Waals surface area contributed by atoms with E-state index < -0.39 is 25.1 Å². The largest absolute Gasteiger partial charge is 0.266 e. The molecule has 0 radical (unpaired) electrons. The molecule has 0 aliphatic carbocycles. The lowest BCUT2D eigenvalue weighted by Gasteiger charge is -2.11. The van der Waals surface area contributed by atoms with Crippen molar-refractivity contribution in [2.45, 2.75) is 11.7 Å². The standard InChI is InChI=1S/C8H10ClN3O4S2/c9-7-3-11-8(4-10-7)12-18(15,16)6-1-2-17(13,14)5-6/h3-4,6H,1-2,5H2,(H,11,12). The zero-order valence-electron chi connectivity index (χ0n) is 9.08. The average molecular weight is 312 g/mol. The number of nitrogens with zero attached hydrogens (tertiary/aromatic N) is 2. The molecule has 0 saturated carbocycles. The van der Waals surface area contributed by atoms with Gasteiger partial charge >= 0.3 is 0 Å². The third-order valence-corrected chi connectivity index (χ3v) is 6.44. The molecule has 1 fully saturated rings. The van der Waals surface area contributed by atoms with E-state index in [1.807, 2.05) is 0 Å². The summed E-state index contributed by atoms with van der Waals surface area (Å²) in [5.41, 5.74) is 0. The van der Waals surface area contributed by atoms with E-state index in [1.165, 1.54) is 12.4 Å². The van der Waals surface area contributed by atoms with Gasteiger partial charge in [-0.1, -0.05) is 11.6 Å². The van der Waals surface area contributed by atoms with Crippen molar-refractivity contribution in [1.82, 2.24) is 9.97 Å². The monoisotopic (exact) mass is 311 g/mol. The summed E-state index contributed by atoms with van der Waals surface area (Å²) in [6.45, 7) is 0. The molecule has 0 amide bonds. The molecule has 0 bridgehead atoms. The van der Waals surface area contributed by atoms with Crippen LogP contribution in [0.15, 0.2) is 12.4 Å². The van der Waals surface area contributed by atoms with Crippen LogP contribution in [0.3, 0.4) is 0 Å². The van der Waals surface area contributed by atoms with Crippen LogP contribution in [-0.2, 0) is 19.9 Å². The van der Waals surface area contributed by atoms with Crippen LogP contribution in [0.1, 0.15) is 6.42 Å². The highest BCUT2D eigenvalue weighted by Crippen LogP contribution is 2.20. The van der Waals surface area contributed by atoms with Gasteiger partial charge in [-0.3, -0.25) is 4.72 Å². The number of nitrogens with one attached hydrogen (secondary N) is 1. The maximum atomic E-state index is 11.9. The van der Waals surface area contributed by atoms with Crippen molar-refractivity contribution in [2.75, 3.05) is 16.2 Å². The van der Waals surface area contributed by atoms with Gasteiger partial charge in [0.25, 0.3) is 0 Å². The molecule has 10 heteroatoms. The second kappa shape index (κ2) is 4.63. The summed E-state index contributed by atoms with van der Waals surface area (Å²) in [4.78, 5) is 7.41. The summed E-state index contributed by atoms with van der Waals surface area (Å²) in [5.74, 6) is -0.447. The highest BCUT2D eigenvalue weighted by molar-refractivity contribution is 7.97. The summed E-state index contributed by atoms with van der Waals surface area (Å²) in [6.07, 6.45) is 2.47. The van der Waals surface area contributed by atoms with Crippen molar-refractivity contribution in [1.29, 1.82) is 0 Å². The Kier molecular flexibility index (Phi) is 3.47. The number of hydrogen-bond donors (Lipinski definition) is 1. The number of rotatable bonds is 3. The lowest BCUT2D eigenvalue weighted by Crippen LogP contribution is -2.29. The maximum Gasteiger partial charge on any atom is 0.237 e. The third-order valence-electron chi connectivity index (χ3n) is 2.50. The van der Waals surface area contributed by atoms with E-state index in [0.29, 0.717) is 0 Å². The predicted molar refractivity (Wildman–Crippen MR) is 66.6 cm³/mol. The van der Waals surface area contributed by atoms with Crippen LogP contribution < -0.4 is 4.72 Å². The summed E-state index contributed by atoms with van der Waals surface area (Å²) in [6, 6.07) is 0. The molecular weight excluding hydrogens is 302 g/mol. The lowest BCUT2D eigenvalue weighted by atomic mass is 10.4. The van der Waals surface area contributed by atoms with Crippen LogP contribution in [0.5, 0.6) is 0 Å². The molecule has 1 unspecified atom stereocenters. The molecule has 1 atom stereocenters. The molecule has 1 aliphatic heterocycles. The van der Waals surface area contributed by atoms with E-state index in [0.717, 1.165) is 0 Å². The van der Waals surface area contributed by atoms with Gasteiger partial charge in [0, 0.05) is 0 Å². The fourth-order valence-corrected chi connectivity index (χ4v) is 5.72. The topological polar surface area (TPSA) is 106 Å². The van der Waals surface area contributed by atoms with Crippen molar-refractivity contribution in [2.24, 2.45) is 0 Å². The number of halogens is 1. The molecule has 7 nitrogen and oxygen atoms in total. The first-order valence-corrected chi connectivity index (χ1v) is 8.73. The van der Waals surface area contributed by atoms with Gasteiger partial charge < -0.3 is 0 Å². The Balaban J connectivity index is 2.15. The molecule has 100 valence electrons. The van der Waals surface area contributed by atoms with Gasteiger partial charge in [-0.25, -0.2) is 26.8 Å². The molecule has 1 saturated heterocycles. The van der Waals surface area contributed by atoms with E-state index >= 15 is 0 Å². The number of sulfonamides is 1. The zero-order chi connectivity index (χ0) is 13.4. The smallest absolute Gasteiger partial charge is 0.237 e. The Morgan fingerprint density at radius 2 is 2.06 bits per heavy atom. The van der Waals surface area contributed by atoms with Gasteiger partial charge in [0.1, 0.15) is 5.15 Å².